The van der Waals surface area contributed by atoms with Crippen LogP contribution in [0.25, 0.3) is 0 Å². The van der Waals surface area contributed by atoms with Gasteiger partial charge in [0.1, 0.15) is 0 Å². The van der Waals surface area contributed by atoms with Gasteiger partial charge in [0.15, 0.2) is 0 Å². The van der Waals surface area contributed by atoms with Crippen LogP contribution in [0, 0.1) is 6.92 Å². The number of hydrogen-bond acceptors (Lipinski definition) is 2. The number of rotatable bonds is 4. The highest BCUT2D eigenvalue weighted by atomic mass is 79.9. The van der Waals surface area contributed by atoms with Crippen LogP contribution in [-0.4, -0.2) is 18.5 Å². The summed E-state index contributed by atoms with van der Waals surface area (Å²) in [6.07, 6.45) is 4.73. The van der Waals surface area contributed by atoms with Crippen LogP contribution in [0.15, 0.2) is 22.7 Å². The number of halogens is 1. The molecule has 1 aromatic carbocycles. The van der Waals surface area contributed by atoms with E-state index in [0.717, 1.165) is 28.6 Å². The Hall–Kier alpha value is -1.03. The van der Waals surface area contributed by atoms with Gasteiger partial charge in [-0.25, -0.2) is 0 Å². The van der Waals surface area contributed by atoms with Gasteiger partial charge in [-0.15, -0.1) is 0 Å². The Bertz CT molecular complexity index is 428. The number of carbonyl (C=O) groups excluding carboxylic acids is 1. The second kappa shape index (κ2) is 6.23. The highest BCUT2D eigenvalue weighted by Crippen LogP contribution is 2.20. The van der Waals surface area contributed by atoms with Crippen molar-refractivity contribution in [1.29, 1.82) is 0 Å². The van der Waals surface area contributed by atoms with Crippen LogP contribution in [-0.2, 0) is 4.79 Å². The van der Waals surface area contributed by atoms with E-state index in [9.17, 15) is 4.79 Å². The number of aryl methyl sites for hydroxylation is 1. The van der Waals surface area contributed by atoms with Crippen molar-refractivity contribution in [1.82, 2.24) is 5.32 Å². The number of anilines is 1. The van der Waals surface area contributed by atoms with Crippen LogP contribution in [0.2, 0.25) is 0 Å². The molecular formula is C14H19BrN2O. The van der Waals surface area contributed by atoms with E-state index >= 15 is 0 Å². The molecule has 0 atom stereocenters. The van der Waals surface area contributed by atoms with Gasteiger partial charge < -0.3 is 10.6 Å². The molecule has 0 radical (unpaired) electrons. The molecule has 0 heterocycles. The van der Waals surface area contributed by atoms with Crippen molar-refractivity contribution in [3.05, 3.63) is 28.2 Å². The first-order valence-electron chi connectivity index (χ1n) is 6.44. The Balaban J connectivity index is 1.83. The second-order valence-corrected chi connectivity index (χ2v) is 5.78. The molecule has 1 saturated carbocycles. The third-order valence-electron chi connectivity index (χ3n) is 3.36. The molecule has 4 heteroatoms. The largest absolute Gasteiger partial charge is 0.376 e. The smallest absolute Gasteiger partial charge is 0.239 e. The van der Waals surface area contributed by atoms with Crippen molar-refractivity contribution in [3.63, 3.8) is 0 Å². The predicted molar refractivity (Wildman–Crippen MR) is 77.8 cm³/mol. The molecule has 1 aliphatic rings. The summed E-state index contributed by atoms with van der Waals surface area (Å²) in [5, 5.41) is 6.26. The number of hydrogen-bond donors (Lipinski definition) is 2. The first-order valence-corrected chi connectivity index (χ1v) is 7.24. The van der Waals surface area contributed by atoms with E-state index in [1.54, 1.807) is 0 Å². The minimum absolute atomic E-state index is 0.0845. The van der Waals surface area contributed by atoms with Gasteiger partial charge in [-0.05, 0) is 37.5 Å². The van der Waals surface area contributed by atoms with Gasteiger partial charge in [-0.2, -0.15) is 0 Å². The van der Waals surface area contributed by atoms with Crippen molar-refractivity contribution < 1.29 is 4.79 Å². The maximum atomic E-state index is 11.8. The lowest BCUT2D eigenvalue weighted by molar-refractivity contribution is -0.120. The average Bonchev–Trinajstić information content (AvgIpc) is 2.83. The number of nitrogens with one attached hydrogen (secondary N) is 2. The van der Waals surface area contributed by atoms with Gasteiger partial charge in [0.05, 0.1) is 6.54 Å². The quantitative estimate of drug-likeness (QED) is 0.896. The van der Waals surface area contributed by atoms with E-state index in [2.05, 4.69) is 26.6 Å². The van der Waals surface area contributed by atoms with Gasteiger partial charge in [0, 0.05) is 16.2 Å². The molecule has 0 aliphatic heterocycles. The Labute approximate surface area is 116 Å². The van der Waals surface area contributed by atoms with Gasteiger partial charge >= 0.3 is 0 Å². The highest BCUT2D eigenvalue weighted by molar-refractivity contribution is 9.10. The fourth-order valence-electron chi connectivity index (χ4n) is 2.31. The van der Waals surface area contributed by atoms with Gasteiger partial charge in [-0.1, -0.05) is 34.8 Å². The lowest BCUT2D eigenvalue weighted by Crippen LogP contribution is -2.36. The molecule has 18 heavy (non-hydrogen) atoms. The van der Waals surface area contributed by atoms with Crippen LogP contribution in [0.3, 0.4) is 0 Å². The molecule has 2 N–H and O–H groups in total. The molecule has 1 fully saturated rings. The molecule has 0 bridgehead atoms. The van der Waals surface area contributed by atoms with E-state index in [1.165, 1.54) is 12.8 Å². The molecule has 3 nitrogen and oxygen atoms in total. The number of benzene rings is 1. The van der Waals surface area contributed by atoms with Crippen molar-refractivity contribution in [2.75, 3.05) is 11.9 Å². The fraction of sp³-hybridized carbons (Fsp3) is 0.500. The molecule has 1 aliphatic carbocycles. The molecule has 1 aromatic rings. The average molecular weight is 311 g/mol. The molecule has 0 spiro atoms. The lowest BCUT2D eigenvalue weighted by atomic mass is 10.2. The molecule has 98 valence electrons. The van der Waals surface area contributed by atoms with Crippen molar-refractivity contribution >= 4 is 27.5 Å². The maximum Gasteiger partial charge on any atom is 0.239 e. The van der Waals surface area contributed by atoms with Crippen molar-refractivity contribution in [2.24, 2.45) is 0 Å². The Kier molecular flexibility index (Phi) is 4.64. The summed E-state index contributed by atoms with van der Waals surface area (Å²) in [6, 6.07) is 6.42. The summed E-state index contributed by atoms with van der Waals surface area (Å²) in [4.78, 5) is 11.8. The molecule has 0 unspecified atom stereocenters. The highest BCUT2D eigenvalue weighted by Gasteiger charge is 2.16. The first kappa shape index (κ1) is 13.4. The van der Waals surface area contributed by atoms with E-state index < -0.39 is 0 Å². The summed E-state index contributed by atoms with van der Waals surface area (Å²) in [6.45, 7) is 2.37. The van der Waals surface area contributed by atoms with Crippen LogP contribution < -0.4 is 10.6 Å². The van der Waals surface area contributed by atoms with Crippen LogP contribution in [0.4, 0.5) is 5.69 Å². The Morgan fingerprint density at radius 2 is 2.11 bits per heavy atom. The minimum Gasteiger partial charge on any atom is -0.376 e. The molecule has 0 saturated heterocycles. The van der Waals surface area contributed by atoms with Gasteiger partial charge in [0.2, 0.25) is 5.91 Å². The van der Waals surface area contributed by atoms with E-state index in [-0.39, 0.29) is 5.91 Å². The normalized spacial score (nSPS) is 15.7. The van der Waals surface area contributed by atoms with Crippen molar-refractivity contribution in [2.45, 2.75) is 38.6 Å². The lowest BCUT2D eigenvalue weighted by Gasteiger charge is -2.14. The molecule has 2 rings (SSSR count). The van der Waals surface area contributed by atoms with E-state index in [0.29, 0.717) is 12.6 Å². The molecule has 1 amide bonds. The number of carbonyl (C=O) groups is 1. The monoisotopic (exact) mass is 310 g/mol. The molecular weight excluding hydrogens is 292 g/mol. The zero-order valence-electron chi connectivity index (χ0n) is 10.6. The fourth-order valence-corrected chi connectivity index (χ4v) is 2.67. The standard InChI is InChI=1S/C14H19BrN2O/c1-10-6-7-11(15)8-13(10)16-9-14(18)17-12-4-2-3-5-12/h6-8,12,16H,2-5,9H2,1H3,(H,17,18). The van der Waals surface area contributed by atoms with E-state index in [4.69, 9.17) is 0 Å². The summed E-state index contributed by atoms with van der Waals surface area (Å²) >= 11 is 3.43. The number of amides is 1. The summed E-state index contributed by atoms with van der Waals surface area (Å²) in [7, 11) is 0. The summed E-state index contributed by atoms with van der Waals surface area (Å²) in [5.74, 6) is 0.0845. The topological polar surface area (TPSA) is 41.1 Å². The third kappa shape index (κ3) is 3.73. The van der Waals surface area contributed by atoms with E-state index in [1.807, 2.05) is 25.1 Å². The van der Waals surface area contributed by atoms with Gasteiger partial charge in [-0.3, -0.25) is 4.79 Å². The minimum atomic E-state index is 0.0845. The van der Waals surface area contributed by atoms with Crippen molar-refractivity contribution in [3.8, 4) is 0 Å². The third-order valence-corrected chi connectivity index (χ3v) is 3.85. The summed E-state index contributed by atoms with van der Waals surface area (Å²) in [5.41, 5.74) is 2.15. The van der Waals surface area contributed by atoms with Crippen LogP contribution in [0.5, 0.6) is 0 Å². The SMILES string of the molecule is Cc1ccc(Br)cc1NCC(=O)NC1CCCC1. The Morgan fingerprint density at radius 1 is 1.39 bits per heavy atom. The summed E-state index contributed by atoms with van der Waals surface area (Å²) < 4.78 is 1.02. The predicted octanol–water partition coefficient (Wildman–Crippen LogP) is 3.23. The Morgan fingerprint density at radius 3 is 2.83 bits per heavy atom. The van der Waals surface area contributed by atoms with Crippen LogP contribution >= 0.6 is 15.9 Å². The second-order valence-electron chi connectivity index (χ2n) is 4.86. The zero-order valence-corrected chi connectivity index (χ0v) is 12.2. The maximum absolute atomic E-state index is 11.8. The zero-order chi connectivity index (χ0) is 13.0. The molecule has 0 aromatic heterocycles. The van der Waals surface area contributed by atoms with Crippen LogP contribution in [0.1, 0.15) is 31.2 Å². The first-order chi connectivity index (χ1) is 8.65. The van der Waals surface area contributed by atoms with Gasteiger partial charge in [0.25, 0.3) is 0 Å².